The van der Waals surface area contributed by atoms with Crippen molar-refractivity contribution in [2.75, 3.05) is 7.11 Å². The first-order chi connectivity index (χ1) is 15.6. The van der Waals surface area contributed by atoms with Crippen LogP contribution in [-0.4, -0.2) is 30.0 Å². The number of rotatable bonds is 7. The molecule has 0 aromatic heterocycles. The lowest BCUT2D eigenvalue weighted by atomic mass is 9.89. The maximum absolute atomic E-state index is 13.2. The fourth-order valence-electron chi connectivity index (χ4n) is 3.51. The Labute approximate surface area is 184 Å². The Balaban J connectivity index is 1.53. The number of methoxy groups -OCH3 is 1. The van der Waals surface area contributed by atoms with E-state index in [0.717, 1.165) is 11.1 Å². The van der Waals surface area contributed by atoms with Gasteiger partial charge in [0.05, 0.1) is 19.9 Å². The Morgan fingerprint density at radius 3 is 2.38 bits per heavy atom. The summed E-state index contributed by atoms with van der Waals surface area (Å²) in [5.74, 6) is -1.12. The van der Waals surface area contributed by atoms with Crippen molar-refractivity contribution in [3.05, 3.63) is 101 Å². The van der Waals surface area contributed by atoms with Crippen LogP contribution in [0.15, 0.2) is 78.0 Å². The van der Waals surface area contributed by atoms with E-state index in [2.05, 4.69) is 5.16 Å². The van der Waals surface area contributed by atoms with Crippen molar-refractivity contribution in [2.24, 2.45) is 5.16 Å². The lowest BCUT2D eigenvalue weighted by molar-refractivity contribution is -0.129. The Hall–Kier alpha value is -4.00. The Morgan fingerprint density at radius 1 is 0.969 bits per heavy atom. The minimum atomic E-state index is -0.754. The molecule has 0 N–H and O–H groups in total. The number of carbonyl (C=O) groups excluding carboxylic acids is 2. The van der Waals surface area contributed by atoms with E-state index >= 15 is 0 Å². The number of amides is 2. The first kappa shape index (κ1) is 21.2. The highest BCUT2D eigenvalue weighted by Gasteiger charge is 2.37. The molecule has 1 atom stereocenters. The lowest BCUT2D eigenvalue weighted by Crippen LogP contribution is -2.44. The van der Waals surface area contributed by atoms with E-state index in [1.807, 2.05) is 12.1 Å². The largest absolute Gasteiger partial charge is 0.497 e. The van der Waals surface area contributed by atoms with Gasteiger partial charge >= 0.3 is 0 Å². The topological polar surface area (TPSA) is 68.2 Å². The molecule has 1 aliphatic rings. The zero-order valence-corrected chi connectivity index (χ0v) is 17.4. The van der Waals surface area contributed by atoms with Gasteiger partial charge in [-0.15, -0.1) is 0 Å². The molecule has 0 saturated heterocycles. The third kappa shape index (κ3) is 4.51. The average Bonchev–Trinajstić information content (AvgIpc) is 2.83. The summed E-state index contributed by atoms with van der Waals surface area (Å²) >= 11 is 0. The molecule has 7 heteroatoms. The third-order valence-corrected chi connectivity index (χ3v) is 5.23. The molecule has 1 aliphatic heterocycles. The number of carbonyl (C=O) groups is 2. The smallest absolute Gasteiger partial charge is 0.261 e. The van der Waals surface area contributed by atoms with Gasteiger partial charge in [-0.05, 0) is 47.0 Å². The van der Waals surface area contributed by atoms with E-state index in [-0.39, 0.29) is 30.8 Å². The minimum absolute atomic E-state index is 0.133. The Bertz CT molecular complexity index is 1140. The fourth-order valence-corrected chi connectivity index (χ4v) is 3.51. The van der Waals surface area contributed by atoms with Gasteiger partial charge in [-0.3, -0.25) is 14.5 Å². The van der Waals surface area contributed by atoms with Crippen LogP contribution in [0, 0.1) is 5.82 Å². The summed E-state index contributed by atoms with van der Waals surface area (Å²) in [6, 6.07) is 20.0. The second kappa shape index (κ2) is 9.43. The van der Waals surface area contributed by atoms with Crippen molar-refractivity contribution >= 4 is 18.0 Å². The van der Waals surface area contributed by atoms with Crippen LogP contribution in [0.4, 0.5) is 4.39 Å². The molecule has 0 spiro atoms. The van der Waals surface area contributed by atoms with Crippen molar-refractivity contribution in [2.45, 2.75) is 19.1 Å². The van der Waals surface area contributed by atoms with E-state index in [4.69, 9.17) is 9.57 Å². The maximum atomic E-state index is 13.2. The molecule has 0 unspecified atom stereocenters. The van der Waals surface area contributed by atoms with Crippen molar-refractivity contribution in [1.82, 2.24) is 4.90 Å². The number of hydrogen-bond donors (Lipinski definition) is 0. The molecule has 0 radical (unpaired) electrons. The van der Waals surface area contributed by atoms with Gasteiger partial charge in [-0.25, -0.2) is 4.39 Å². The van der Waals surface area contributed by atoms with Gasteiger partial charge in [0.2, 0.25) is 5.91 Å². The molecule has 0 aliphatic carbocycles. The van der Waals surface area contributed by atoms with Crippen LogP contribution in [-0.2, 0) is 22.8 Å². The lowest BCUT2D eigenvalue weighted by Gasteiger charge is -2.30. The number of benzene rings is 3. The normalized spacial score (nSPS) is 15.7. The molecular weight excluding hydrogens is 411 g/mol. The Kier molecular flexibility index (Phi) is 6.26. The molecule has 4 rings (SSSR count). The molecule has 2 amide bonds. The molecule has 1 heterocycles. The van der Waals surface area contributed by atoms with Gasteiger partial charge < -0.3 is 9.57 Å². The number of oxime groups is 1. The molecular formula is C25H21FN2O4. The van der Waals surface area contributed by atoms with Crippen molar-refractivity contribution in [3.63, 3.8) is 0 Å². The number of fused-ring (bicyclic) bond motifs is 1. The van der Waals surface area contributed by atoms with E-state index in [0.29, 0.717) is 16.9 Å². The summed E-state index contributed by atoms with van der Waals surface area (Å²) in [7, 11) is 1.58. The van der Waals surface area contributed by atoms with Crippen LogP contribution >= 0.6 is 0 Å². The molecule has 162 valence electrons. The van der Waals surface area contributed by atoms with Gasteiger partial charge in [-0.2, -0.15) is 0 Å². The van der Waals surface area contributed by atoms with E-state index < -0.39 is 5.92 Å². The van der Waals surface area contributed by atoms with Crippen molar-refractivity contribution < 1.29 is 23.6 Å². The highest BCUT2D eigenvalue weighted by atomic mass is 19.1. The molecule has 0 bridgehead atoms. The van der Waals surface area contributed by atoms with Gasteiger partial charge in [0.15, 0.2) is 0 Å². The van der Waals surface area contributed by atoms with Crippen LogP contribution in [0.3, 0.4) is 0 Å². The van der Waals surface area contributed by atoms with Crippen molar-refractivity contribution in [1.29, 1.82) is 0 Å². The summed E-state index contributed by atoms with van der Waals surface area (Å²) in [6.45, 7) is 0.268. The summed E-state index contributed by atoms with van der Waals surface area (Å²) in [5, 5.41) is 3.96. The van der Waals surface area contributed by atoms with Gasteiger partial charge in [0.25, 0.3) is 5.91 Å². The highest BCUT2D eigenvalue weighted by molar-refractivity contribution is 6.16. The van der Waals surface area contributed by atoms with Crippen LogP contribution < -0.4 is 4.74 Å². The van der Waals surface area contributed by atoms with E-state index in [1.54, 1.807) is 55.6 Å². The molecule has 0 fully saturated rings. The predicted octanol–water partition coefficient (Wildman–Crippen LogP) is 4.30. The quantitative estimate of drug-likeness (QED) is 0.317. The second-order valence-electron chi connectivity index (χ2n) is 7.30. The van der Waals surface area contributed by atoms with Gasteiger partial charge in [-0.1, -0.05) is 47.6 Å². The zero-order chi connectivity index (χ0) is 22.5. The summed E-state index contributed by atoms with van der Waals surface area (Å²) < 4.78 is 18.2. The van der Waals surface area contributed by atoms with E-state index in [1.165, 1.54) is 23.2 Å². The highest BCUT2D eigenvalue weighted by Crippen LogP contribution is 2.29. The summed E-state index contributed by atoms with van der Waals surface area (Å²) in [4.78, 5) is 32.8. The third-order valence-electron chi connectivity index (χ3n) is 5.23. The maximum Gasteiger partial charge on any atom is 0.261 e. The van der Waals surface area contributed by atoms with Gasteiger partial charge in [0.1, 0.15) is 24.1 Å². The van der Waals surface area contributed by atoms with Crippen LogP contribution in [0.1, 0.15) is 33.0 Å². The molecule has 3 aromatic rings. The van der Waals surface area contributed by atoms with Gasteiger partial charge in [0, 0.05) is 5.56 Å². The monoisotopic (exact) mass is 432 g/mol. The van der Waals surface area contributed by atoms with E-state index in [9.17, 15) is 14.0 Å². The zero-order valence-electron chi connectivity index (χ0n) is 17.4. The molecule has 3 aromatic carbocycles. The summed E-state index contributed by atoms with van der Waals surface area (Å²) in [5.41, 5.74) is 2.59. The Morgan fingerprint density at radius 2 is 1.66 bits per heavy atom. The average molecular weight is 432 g/mol. The van der Waals surface area contributed by atoms with Crippen LogP contribution in [0.5, 0.6) is 5.75 Å². The summed E-state index contributed by atoms with van der Waals surface area (Å²) in [6.07, 6.45) is 1.40. The SMILES string of the molecule is COc1ccc(CN2C(=O)c3ccccc3[C@@H](/C=N/OCc3ccc(F)cc3)C2=O)cc1. The first-order valence-electron chi connectivity index (χ1n) is 10.0. The van der Waals surface area contributed by atoms with Crippen LogP contribution in [0.2, 0.25) is 0 Å². The minimum Gasteiger partial charge on any atom is -0.497 e. The first-order valence-corrected chi connectivity index (χ1v) is 10.0. The molecule has 6 nitrogen and oxygen atoms in total. The molecule has 0 saturated carbocycles. The number of imide groups is 1. The number of nitrogens with zero attached hydrogens (tertiary/aromatic N) is 2. The van der Waals surface area contributed by atoms with Crippen LogP contribution in [0.25, 0.3) is 0 Å². The number of halogens is 1. The molecule has 32 heavy (non-hydrogen) atoms. The number of ether oxygens (including phenoxy) is 1. The second-order valence-corrected chi connectivity index (χ2v) is 7.30. The predicted molar refractivity (Wildman–Crippen MR) is 117 cm³/mol. The standard InChI is InChI=1S/C25H21FN2O4/c1-31-20-12-8-17(9-13-20)15-28-24(29)22-5-3-2-4-21(22)23(25(28)30)14-27-32-16-18-6-10-19(26)11-7-18/h2-14,23H,15-16H2,1H3/b27-14+/t23-/m1/s1. The van der Waals surface area contributed by atoms with Crippen molar-refractivity contribution in [3.8, 4) is 5.75 Å². The fraction of sp³-hybridized carbons (Fsp3) is 0.160. The number of hydrogen-bond acceptors (Lipinski definition) is 5.